The number of hydrogen-bond donors (Lipinski definition) is 1. The van der Waals surface area contributed by atoms with Crippen LogP contribution >= 0.6 is 23.8 Å². The summed E-state index contributed by atoms with van der Waals surface area (Å²) < 4.78 is 2.10. The van der Waals surface area contributed by atoms with Crippen LogP contribution in [0, 0.1) is 5.92 Å². The van der Waals surface area contributed by atoms with Crippen molar-refractivity contribution in [3.8, 4) is 5.82 Å². The van der Waals surface area contributed by atoms with Gasteiger partial charge >= 0.3 is 0 Å². The van der Waals surface area contributed by atoms with E-state index in [1.807, 2.05) is 48.8 Å². The zero-order chi connectivity index (χ0) is 19.7. The lowest BCUT2D eigenvalue weighted by molar-refractivity contribution is 0.280. The maximum Gasteiger partial charge on any atom is 0.170 e. The van der Waals surface area contributed by atoms with E-state index >= 15 is 0 Å². The SMILES string of the molecule is CC(C)CN1C(=S)N[C@@H](c2ccccn2)[C@@H]1c1cccn1-c1ccc(Cl)cn1. The Balaban J connectivity index is 1.80. The van der Waals surface area contributed by atoms with E-state index in [9.17, 15) is 0 Å². The molecule has 1 saturated heterocycles. The molecule has 1 aliphatic heterocycles. The summed E-state index contributed by atoms with van der Waals surface area (Å²) in [7, 11) is 0. The van der Waals surface area contributed by atoms with Gasteiger partial charge in [-0.25, -0.2) is 4.98 Å². The van der Waals surface area contributed by atoms with Gasteiger partial charge in [0.25, 0.3) is 0 Å². The Morgan fingerprint density at radius 3 is 2.68 bits per heavy atom. The molecule has 144 valence electrons. The largest absolute Gasteiger partial charge is 0.352 e. The molecule has 3 aromatic rings. The highest BCUT2D eigenvalue weighted by atomic mass is 35.5. The summed E-state index contributed by atoms with van der Waals surface area (Å²) in [5.41, 5.74) is 2.08. The Kier molecular flexibility index (Phi) is 5.33. The van der Waals surface area contributed by atoms with Gasteiger partial charge in [-0.1, -0.05) is 31.5 Å². The van der Waals surface area contributed by atoms with Crippen molar-refractivity contribution >= 4 is 28.9 Å². The lowest BCUT2D eigenvalue weighted by Gasteiger charge is -2.30. The molecule has 1 N–H and O–H groups in total. The van der Waals surface area contributed by atoms with Gasteiger partial charge in [0.05, 0.1) is 22.8 Å². The lowest BCUT2D eigenvalue weighted by atomic mass is 10.0. The summed E-state index contributed by atoms with van der Waals surface area (Å²) in [4.78, 5) is 11.4. The van der Waals surface area contributed by atoms with E-state index in [1.165, 1.54) is 0 Å². The topological polar surface area (TPSA) is 46.0 Å². The first kappa shape index (κ1) is 18.9. The molecule has 0 aliphatic carbocycles. The minimum Gasteiger partial charge on any atom is -0.352 e. The van der Waals surface area contributed by atoms with Gasteiger partial charge in [0.2, 0.25) is 0 Å². The number of thiocarbonyl (C=S) groups is 1. The molecule has 0 amide bonds. The third kappa shape index (κ3) is 3.62. The highest BCUT2D eigenvalue weighted by molar-refractivity contribution is 7.80. The fourth-order valence-electron chi connectivity index (χ4n) is 3.67. The Morgan fingerprint density at radius 1 is 1.14 bits per heavy atom. The smallest absolute Gasteiger partial charge is 0.170 e. The standard InChI is InChI=1S/C21H22ClN5S/c1-14(2)13-27-20(19(25-21(27)28)16-6-3-4-10-23-16)17-7-5-11-26(17)18-9-8-15(22)12-24-18/h3-12,14,19-20H,13H2,1-2H3,(H,25,28)/t19-,20-/m0/s1. The number of pyridine rings is 2. The number of hydrogen-bond acceptors (Lipinski definition) is 3. The third-order valence-electron chi connectivity index (χ3n) is 4.80. The van der Waals surface area contributed by atoms with Crippen LogP contribution in [0.4, 0.5) is 0 Å². The van der Waals surface area contributed by atoms with E-state index in [0.29, 0.717) is 10.9 Å². The molecule has 3 aromatic heterocycles. The minimum absolute atomic E-state index is 0.0114. The van der Waals surface area contributed by atoms with Gasteiger partial charge in [0.1, 0.15) is 5.82 Å². The first-order valence-corrected chi connectivity index (χ1v) is 10.1. The highest BCUT2D eigenvalue weighted by Crippen LogP contribution is 2.39. The molecule has 0 aromatic carbocycles. The Labute approximate surface area is 175 Å². The second kappa shape index (κ2) is 7.89. The van der Waals surface area contributed by atoms with Crippen molar-refractivity contribution in [2.24, 2.45) is 5.92 Å². The van der Waals surface area contributed by atoms with Crippen LogP contribution in [0.5, 0.6) is 0 Å². The highest BCUT2D eigenvalue weighted by Gasteiger charge is 2.41. The van der Waals surface area contributed by atoms with Crippen LogP contribution in [0.2, 0.25) is 5.02 Å². The van der Waals surface area contributed by atoms with Crippen molar-refractivity contribution in [1.82, 2.24) is 24.8 Å². The van der Waals surface area contributed by atoms with Crippen LogP contribution in [-0.2, 0) is 0 Å². The summed E-state index contributed by atoms with van der Waals surface area (Å²) in [6.07, 6.45) is 5.51. The lowest BCUT2D eigenvalue weighted by Crippen LogP contribution is -2.33. The van der Waals surface area contributed by atoms with Crippen molar-refractivity contribution in [3.05, 3.63) is 77.5 Å². The maximum absolute atomic E-state index is 6.03. The maximum atomic E-state index is 6.03. The van der Waals surface area contributed by atoms with Gasteiger partial charge in [0.15, 0.2) is 5.11 Å². The van der Waals surface area contributed by atoms with Crippen LogP contribution in [0.3, 0.4) is 0 Å². The van der Waals surface area contributed by atoms with Crippen LogP contribution < -0.4 is 5.32 Å². The molecule has 1 aliphatic rings. The van der Waals surface area contributed by atoms with Crippen LogP contribution in [0.1, 0.15) is 37.3 Å². The summed E-state index contributed by atoms with van der Waals surface area (Å²) in [6.45, 7) is 5.26. The van der Waals surface area contributed by atoms with Crippen LogP contribution in [0.15, 0.2) is 61.1 Å². The number of rotatable bonds is 5. The monoisotopic (exact) mass is 411 g/mol. The molecule has 5 nitrogen and oxygen atoms in total. The first-order chi connectivity index (χ1) is 13.5. The predicted octanol–water partition coefficient (Wildman–Crippen LogP) is 4.55. The van der Waals surface area contributed by atoms with Gasteiger partial charge in [-0.15, -0.1) is 0 Å². The van der Waals surface area contributed by atoms with Crippen LogP contribution in [-0.4, -0.2) is 31.1 Å². The van der Waals surface area contributed by atoms with E-state index in [4.69, 9.17) is 23.8 Å². The van der Waals surface area contributed by atoms with E-state index in [-0.39, 0.29) is 12.1 Å². The minimum atomic E-state index is -0.0339. The molecule has 4 rings (SSSR count). The molecule has 4 heterocycles. The van der Waals surface area contributed by atoms with Crippen molar-refractivity contribution in [2.45, 2.75) is 25.9 Å². The summed E-state index contributed by atoms with van der Waals surface area (Å²) in [6, 6.07) is 13.9. The Hall–Kier alpha value is -2.44. The van der Waals surface area contributed by atoms with E-state index in [1.54, 1.807) is 6.20 Å². The molecule has 0 saturated carbocycles. The fourth-order valence-corrected chi connectivity index (χ4v) is 4.10. The van der Waals surface area contributed by atoms with Gasteiger partial charge in [-0.2, -0.15) is 0 Å². The molecule has 7 heteroatoms. The van der Waals surface area contributed by atoms with Crippen molar-refractivity contribution < 1.29 is 0 Å². The van der Waals surface area contributed by atoms with Crippen molar-refractivity contribution in [2.75, 3.05) is 6.54 Å². The van der Waals surface area contributed by atoms with Crippen LogP contribution in [0.25, 0.3) is 5.82 Å². The number of nitrogens with zero attached hydrogens (tertiary/aromatic N) is 4. The van der Waals surface area contributed by atoms with Gasteiger partial charge in [0, 0.05) is 30.8 Å². The van der Waals surface area contributed by atoms with Gasteiger partial charge in [-0.05, 0) is 54.5 Å². The molecule has 28 heavy (non-hydrogen) atoms. The quantitative estimate of drug-likeness (QED) is 0.624. The number of aromatic nitrogens is 3. The molecular weight excluding hydrogens is 390 g/mol. The van der Waals surface area contributed by atoms with Crippen molar-refractivity contribution in [1.29, 1.82) is 0 Å². The second-order valence-electron chi connectivity index (χ2n) is 7.31. The molecule has 0 radical (unpaired) electrons. The number of nitrogens with one attached hydrogen (secondary N) is 1. The Morgan fingerprint density at radius 2 is 2.00 bits per heavy atom. The summed E-state index contributed by atoms with van der Waals surface area (Å²) in [5.74, 6) is 1.30. The molecular formula is C21H22ClN5S. The second-order valence-corrected chi connectivity index (χ2v) is 8.13. The van der Waals surface area contributed by atoms with Crippen molar-refractivity contribution in [3.63, 3.8) is 0 Å². The van der Waals surface area contributed by atoms with E-state index in [2.05, 4.69) is 44.7 Å². The first-order valence-electron chi connectivity index (χ1n) is 9.32. The summed E-state index contributed by atoms with van der Waals surface area (Å²) in [5, 5.41) is 4.87. The zero-order valence-electron chi connectivity index (χ0n) is 15.8. The number of halogens is 1. The molecule has 0 unspecified atom stereocenters. The predicted molar refractivity (Wildman–Crippen MR) is 116 cm³/mol. The van der Waals surface area contributed by atoms with Gasteiger partial charge < -0.3 is 14.8 Å². The average Bonchev–Trinajstić information content (AvgIpc) is 3.28. The average molecular weight is 412 g/mol. The Bertz CT molecular complexity index is 954. The van der Waals surface area contributed by atoms with E-state index < -0.39 is 0 Å². The zero-order valence-corrected chi connectivity index (χ0v) is 17.4. The third-order valence-corrected chi connectivity index (χ3v) is 5.38. The fraction of sp³-hybridized carbons (Fsp3) is 0.286. The molecule has 0 spiro atoms. The van der Waals surface area contributed by atoms with Gasteiger partial charge in [-0.3, -0.25) is 4.98 Å². The molecule has 0 bridgehead atoms. The molecule has 1 fully saturated rings. The van der Waals surface area contributed by atoms with E-state index in [0.717, 1.165) is 28.9 Å². The normalized spacial score (nSPS) is 19.3. The molecule has 2 atom stereocenters. The summed E-state index contributed by atoms with van der Waals surface area (Å²) >= 11 is 11.7.